The molecule has 20 heavy (non-hydrogen) atoms. The van der Waals surface area contributed by atoms with Crippen molar-refractivity contribution in [3.05, 3.63) is 42.5 Å². The largest absolute Gasteiger partial charge is 0.497 e. The van der Waals surface area contributed by atoms with E-state index in [0.717, 1.165) is 5.75 Å². The minimum Gasteiger partial charge on any atom is -0.497 e. The van der Waals surface area contributed by atoms with Crippen LogP contribution >= 0.6 is 24.0 Å². The fourth-order valence-corrected chi connectivity index (χ4v) is 1.65. The van der Waals surface area contributed by atoms with E-state index in [4.69, 9.17) is 10.5 Å². The molecule has 0 heterocycles. The first-order valence-electron chi connectivity index (χ1n) is 6.29. The van der Waals surface area contributed by atoms with Crippen LogP contribution in [0.5, 0.6) is 5.75 Å². The minimum absolute atomic E-state index is 0. The molecule has 4 nitrogen and oxygen atoms in total. The van der Waals surface area contributed by atoms with E-state index in [9.17, 15) is 0 Å². The number of rotatable bonds is 6. The number of nitrogens with one attached hydrogen (secondary N) is 1. The van der Waals surface area contributed by atoms with Gasteiger partial charge < -0.3 is 15.8 Å². The Hall–Kier alpha value is -1.24. The first-order valence-corrected chi connectivity index (χ1v) is 6.29. The van der Waals surface area contributed by atoms with Gasteiger partial charge in [0, 0.05) is 12.0 Å². The van der Waals surface area contributed by atoms with Crippen LogP contribution in [0.25, 0.3) is 0 Å². The van der Waals surface area contributed by atoms with Crippen LogP contribution in [0, 0.1) is 0 Å². The molecular weight excluding hydrogens is 365 g/mol. The first kappa shape index (κ1) is 18.8. The summed E-state index contributed by atoms with van der Waals surface area (Å²) in [5.74, 6) is 1.29. The first-order chi connectivity index (χ1) is 8.99. The molecule has 0 aliphatic heterocycles. The number of ether oxygens (including phenoxy) is 1. The third-order valence-corrected chi connectivity index (χ3v) is 2.92. The van der Waals surface area contributed by atoms with Crippen molar-refractivity contribution in [1.82, 2.24) is 5.32 Å². The molecule has 1 rings (SSSR count). The highest BCUT2D eigenvalue weighted by Crippen LogP contribution is 2.26. The molecule has 0 saturated carbocycles. The maximum atomic E-state index is 5.77. The molecule has 1 aromatic rings. The lowest BCUT2D eigenvalue weighted by molar-refractivity contribution is 0.412. The number of hydrogen-bond acceptors (Lipinski definition) is 2. The third-order valence-electron chi connectivity index (χ3n) is 2.92. The standard InChI is InChI=1S/C15H23N3O.HI/c1-5-9-17-14(16)18-11-15(2,3)12-7-6-8-13(10-12)19-4;/h5-8,10H,1,9,11H2,2-4H3,(H3,16,17,18);1H. The fraction of sp³-hybridized carbons (Fsp3) is 0.400. The summed E-state index contributed by atoms with van der Waals surface area (Å²) in [6, 6.07) is 8.02. The predicted molar refractivity (Wildman–Crippen MR) is 96.1 cm³/mol. The second-order valence-electron chi connectivity index (χ2n) is 4.99. The summed E-state index contributed by atoms with van der Waals surface area (Å²) in [5, 5.41) is 2.96. The van der Waals surface area contributed by atoms with E-state index >= 15 is 0 Å². The molecule has 0 aromatic heterocycles. The molecule has 0 saturated heterocycles. The Kier molecular flexibility index (Phi) is 8.29. The van der Waals surface area contributed by atoms with Crippen molar-refractivity contribution >= 4 is 29.9 Å². The molecule has 0 atom stereocenters. The van der Waals surface area contributed by atoms with Crippen LogP contribution in [0.4, 0.5) is 0 Å². The number of aliphatic imine (C=N–C) groups is 1. The van der Waals surface area contributed by atoms with Gasteiger partial charge in [-0.15, -0.1) is 30.6 Å². The molecule has 0 amide bonds. The average molecular weight is 389 g/mol. The molecule has 112 valence electrons. The van der Waals surface area contributed by atoms with Crippen LogP contribution < -0.4 is 15.8 Å². The number of guanidine groups is 1. The summed E-state index contributed by atoms with van der Waals surface area (Å²) in [6.07, 6.45) is 1.75. The lowest BCUT2D eigenvalue weighted by atomic mass is 9.85. The number of benzene rings is 1. The normalized spacial score (nSPS) is 11.4. The van der Waals surface area contributed by atoms with Gasteiger partial charge in [-0.3, -0.25) is 4.99 Å². The van der Waals surface area contributed by atoms with Crippen LogP contribution in [0.3, 0.4) is 0 Å². The zero-order valence-corrected chi connectivity index (χ0v) is 14.7. The molecule has 3 N–H and O–H groups in total. The van der Waals surface area contributed by atoms with E-state index in [1.54, 1.807) is 13.2 Å². The van der Waals surface area contributed by atoms with Gasteiger partial charge >= 0.3 is 0 Å². The monoisotopic (exact) mass is 389 g/mol. The van der Waals surface area contributed by atoms with Crippen molar-refractivity contribution in [3.63, 3.8) is 0 Å². The average Bonchev–Trinajstić information content (AvgIpc) is 2.43. The van der Waals surface area contributed by atoms with Gasteiger partial charge in [0.1, 0.15) is 5.75 Å². The van der Waals surface area contributed by atoms with Gasteiger partial charge in [0.15, 0.2) is 5.96 Å². The van der Waals surface area contributed by atoms with Crippen molar-refractivity contribution in [2.75, 3.05) is 20.2 Å². The van der Waals surface area contributed by atoms with Gasteiger partial charge in [-0.2, -0.15) is 0 Å². The zero-order valence-electron chi connectivity index (χ0n) is 12.3. The Bertz CT molecular complexity index is 458. The van der Waals surface area contributed by atoms with Gasteiger partial charge in [0.25, 0.3) is 0 Å². The van der Waals surface area contributed by atoms with Gasteiger partial charge in [-0.1, -0.05) is 32.1 Å². The summed E-state index contributed by atoms with van der Waals surface area (Å²) in [7, 11) is 1.67. The summed E-state index contributed by atoms with van der Waals surface area (Å²) in [5.41, 5.74) is 6.84. The Morgan fingerprint density at radius 1 is 1.50 bits per heavy atom. The zero-order chi connectivity index (χ0) is 14.3. The van der Waals surface area contributed by atoms with Crippen molar-refractivity contribution in [2.45, 2.75) is 19.3 Å². The maximum absolute atomic E-state index is 5.77. The van der Waals surface area contributed by atoms with Crippen LogP contribution in [0.2, 0.25) is 0 Å². The lowest BCUT2D eigenvalue weighted by Crippen LogP contribution is -2.33. The van der Waals surface area contributed by atoms with Crippen LogP contribution in [-0.4, -0.2) is 26.2 Å². The molecule has 1 aromatic carbocycles. The van der Waals surface area contributed by atoms with Crippen molar-refractivity contribution < 1.29 is 4.74 Å². The molecule has 0 radical (unpaired) electrons. The van der Waals surface area contributed by atoms with Crippen LogP contribution in [-0.2, 0) is 5.41 Å². The second-order valence-corrected chi connectivity index (χ2v) is 4.99. The number of methoxy groups -OCH3 is 1. The molecule has 0 bridgehead atoms. The highest BCUT2D eigenvalue weighted by Gasteiger charge is 2.20. The number of nitrogens with zero attached hydrogens (tertiary/aromatic N) is 1. The van der Waals surface area contributed by atoms with Crippen LogP contribution in [0.1, 0.15) is 19.4 Å². The quantitative estimate of drug-likeness (QED) is 0.341. The topological polar surface area (TPSA) is 59.6 Å². The summed E-state index contributed by atoms with van der Waals surface area (Å²) in [4.78, 5) is 4.36. The number of nitrogens with two attached hydrogens (primary N) is 1. The molecule has 0 aliphatic carbocycles. The van der Waals surface area contributed by atoms with E-state index < -0.39 is 0 Å². The van der Waals surface area contributed by atoms with E-state index in [0.29, 0.717) is 19.0 Å². The highest BCUT2D eigenvalue weighted by molar-refractivity contribution is 14.0. The predicted octanol–water partition coefficient (Wildman–Crippen LogP) is 2.68. The smallest absolute Gasteiger partial charge is 0.188 e. The molecule has 0 fully saturated rings. The molecule has 0 spiro atoms. The van der Waals surface area contributed by atoms with Crippen molar-refractivity contribution in [2.24, 2.45) is 10.7 Å². The Labute approximate surface area is 138 Å². The molecule has 0 aliphatic rings. The SMILES string of the molecule is C=CCNC(N)=NCC(C)(C)c1cccc(OC)c1.I. The third kappa shape index (κ3) is 5.81. The van der Waals surface area contributed by atoms with Crippen molar-refractivity contribution in [1.29, 1.82) is 0 Å². The van der Waals surface area contributed by atoms with Gasteiger partial charge in [0.05, 0.1) is 13.7 Å². The van der Waals surface area contributed by atoms with E-state index in [1.807, 2.05) is 18.2 Å². The summed E-state index contributed by atoms with van der Waals surface area (Å²) >= 11 is 0. The maximum Gasteiger partial charge on any atom is 0.188 e. The number of hydrogen-bond donors (Lipinski definition) is 2. The second kappa shape index (κ2) is 8.84. The Morgan fingerprint density at radius 2 is 2.20 bits per heavy atom. The molecular formula is C15H24IN3O. The van der Waals surface area contributed by atoms with E-state index in [1.165, 1.54) is 5.56 Å². The van der Waals surface area contributed by atoms with E-state index in [-0.39, 0.29) is 29.4 Å². The summed E-state index contributed by atoms with van der Waals surface area (Å²) in [6.45, 7) is 9.11. The highest BCUT2D eigenvalue weighted by atomic mass is 127. The Morgan fingerprint density at radius 3 is 2.80 bits per heavy atom. The lowest BCUT2D eigenvalue weighted by Gasteiger charge is -2.23. The summed E-state index contributed by atoms with van der Waals surface area (Å²) < 4.78 is 5.24. The fourth-order valence-electron chi connectivity index (χ4n) is 1.65. The van der Waals surface area contributed by atoms with Crippen molar-refractivity contribution in [3.8, 4) is 5.75 Å². The van der Waals surface area contributed by atoms with Crippen LogP contribution in [0.15, 0.2) is 41.9 Å². The number of halogens is 1. The van der Waals surface area contributed by atoms with E-state index in [2.05, 4.69) is 36.8 Å². The molecule has 5 heteroatoms. The van der Waals surface area contributed by atoms with Gasteiger partial charge in [-0.05, 0) is 17.7 Å². The van der Waals surface area contributed by atoms with Gasteiger partial charge in [-0.25, -0.2) is 0 Å². The molecule has 0 unspecified atom stereocenters. The van der Waals surface area contributed by atoms with Gasteiger partial charge in [0.2, 0.25) is 0 Å². The minimum atomic E-state index is -0.102. The Balaban J connectivity index is 0.00000361.